The first-order valence-electron chi connectivity index (χ1n) is 6.60. The summed E-state index contributed by atoms with van der Waals surface area (Å²) >= 11 is 0. The van der Waals surface area contributed by atoms with E-state index >= 15 is 0 Å². The lowest BCUT2D eigenvalue weighted by Crippen LogP contribution is -2.09. The summed E-state index contributed by atoms with van der Waals surface area (Å²) in [5, 5.41) is 1.11. The zero-order valence-electron chi connectivity index (χ0n) is 11.5. The Morgan fingerprint density at radius 1 is 1.05 bits per heavy atom. The van der Waals surface area contributed by atoms with E-state index in [1.54, 1.807) is 6.20 Å². The number of pyridine rings is 1. The van der Waals surface area contributed by atoms with Gasteiger partial charge in [0.2, 0.25) is 0 Å². The number of para-hydroxylation sites is 1. The summed E-state index contributed by atoms with van der Waals surface area (Å²) < 4.78 is 0. The first kappa shape index (κ1) is 12.7. The van der Waals surface area contributed by atoms with Gasteiger partial charge < -0.3 is 5.73 Å². The van der Waals surface area contributed by atoms with Gasteiger partial charge in [0.1, 0.15) is 5.69 Å². The molecule has 0 saturated carbocycles. The monoisotopic (exact) mass is 264 g/mol. The third-order valence-corrected chi connectivity index (χ3v) is 3.34. The predicted octanol–water partition coefficient (Wildman–Crippen LogP) is 3.02. The molecule has 2 heterocycles. The van der Waals surface area contributed by atoms with E-state index in [0.29, 0.717) is 5.82 Å². The van der Waals surface area contributed by atoms with Crippen molar-refractivity contribution in [3.05, 3.63) is 53.9 Å². The van der Waals surface area contributed by atoms with Gasteiger partial charge >= 0.3 is 0 Å². The van der Waals surface area contributed by atoms with E-state index in [-0.39, 0.29) is 6.04 Å². The van der Waals surface area contributed by atoms with Crippen molar-refractivity contribution >= 4 is 10.9 Å². The Hall–Kier alpha value is -2.33. The number of hydrogen-bond donors (Lipinski definition) is 1. The van der Waals surface area contributed by atoms with Crippen LogP contribution in [0.5, 0.6) is 0 Å². The lowest BCUT2D eigenvalue weighted by Gasteiger charge is -2.09. The van der Waals surface area contributed by atoms with Crippen LogP contribution in [0.15, 0.2) is 42.6 Å². The average Bonchev–Trinajstić information content (AvgIpc) is 2.46. The SMILES string of the molecule is Cc1nc(-c2ccc3ccccc3n2)ncc1[C@@H](C)N. The van der Waals surface area contributed by atoms with Crippen LogP contribution in [0.2, 0.25) is 0 Å². The van der Waals surface area contributed by atoms with Gasteiger partial charge in [-0.3, -0.25) is 0 Å². The van der Waals surface area contributed by atoms with Crippen LogP contribution in [0.4, 0.5) is 0 Å². The normalized spacial score (nSPS) is 12.6. The van der Waals surface area contributed by atoms with Gasteiger partial charge in [0.05, 0.1) is 5.52 Å². The molecule has 3 aromatic rings. The van der Waals surface area contributed by atoms with Crippen LogP contribution < -0.4 is 5.73 Å². The van der Waals surface area contributed by atoms with Crippen molar-refractivity contribution in [2.45, 2.75) is 19.9 Å². The van der Waals surface area contributed by atoms with E-state index in [9.17, 15) is 0 Å². The molecule has 3 rings (SSSR count). The number of nitrogens with two attached hydrogens (primary N) is 1. The number of benzene rings is 1. The number of fused-ring (bicyclic) bond motifs is 1. The molecule has 2 N–H and O–H groups in total. The molecule has 0 aliphatic heterocycles. The quantitative estimate of drug-likeness (QED) is 0.772. The zero-order chi connectivity index (χ0) is 14.1. The third kappa shape index (κ3) is 2.26. The maximum absolute atomic E-state index is 5.88. The number of aromatic nitrogens is 3. The molecule has 0 amide bonds. The molecule has 1 atom stereocenters. The van der Waals surface area contributed by atoms with Crippen LogP contribution in [0.3, 0.4) is 0 Å². The van der Waals surface area contributed by atoms with Gasteiger partial charge in [0.15, 0.2) is 5.82 Å². The highest BCUT2D eigenvalue weighted by molar-refractivity contribution is 5.80. The Morgan fingerprint density at radius 2 is 1.85 bits per heavy atom. The molecule has 0 aliphatic carbocycles. The first-order valence-corrected chi connectivity index (χ1v) is 6.60. The fourth-order valence-electron chi connectivity index (χ4n) is 2.24. The second kappa shape index (κ2) is 4.98. The molecule has 0 radical (unpaired) electrons. The van der Waals surface area contributed by atoms with Crippen LogP contribution in [0, 0.1) is 6.92 Å². The van der Waals surface area contributed by atoms with Gasteiger partial charge in [-0.2, -0.15) is 0 Å². The van der Waals surface area contributed by atoms with Crippen molar-refractivity contribution in [1.29, 1.82) is 0 Å². The summed E-state index contributed by atoms with van der Waals surface area (Å²) in [6.45, 7) is 3.88. The Balaban J connectivity index is 2.08. The topological polar surface area (TPSA) is 64.7 Å². The van der Waals surface area contributed by atoms with E-state index in [1.165, 1.54) is 0 Å². The van der Waals surface area contributed by atoms with Crippen molar-refractivity contribution < 1.29 is 0 Å². The number of nitrogens with zero attached hydrogens (tertiary/aromatic N) is 3. The van der Waals surface area contributed by atoms with Gasteiger partial charge in [-0.25, -0.2) is 15.0 Å². The van der Waals surface area contributed by atoms with Crippen molar-refractivity contribution in [2.24, 2.45) is 5.73 Å². The maximum atomic E-state index is 5.88. The molecule has 0 unspecified atom stereocenters. The van der Waals surface area contributed by atoms with Crippen molar-refractivity contribution in [1.82, 2.24) is 15.0 Å². The molecule has 0 spiro atoms. The first-order chi connectivity index (χ1) is 9.65. The average molecular weight is 264 g/mol. The summed E-state index contributed by atoms with van der Waals surface area (Å²) in [6, 6.07) is 11.9. The lowest BCUT2D eigenvalue weighted by molar-refractivity contribution is 0.790. The van der Waals surface area contributed by atoms with Gasteiger partial charge in [-0.05, 0) is 26.0 Å². The van der Waals surface area contributed by atoms with Crippen LogP contribution in [-0.2, 0) is 0 Å². The molecule has 1 aromatic carbocycles. The Bertz CT molecular complexity index is 765. The summed E-state index contributed by atoms with van der Waals surface area (Å²) in [4.78, 5) is 13.5. The molecule has 4 nitrogen and oxygen atoms in total. The molecule has 0 aliphatic rings. The van der Waals surface area contributed by atoms with Gasteiger partial charge in [-0.1, -0.05) is 24.3 Å². The van der Waals surface area contributed by atoms with Crippen LogP contribution in [0.25, 0.3) is 22.4 Å². The molecule has 4 heteroatoms. The third-order valence-electron chi connectivity index (χ3n) is 3.34. The number of rotatable bonds is 2. The number of hydrogen-bond acceptors (Lipinski definition) is 4. The Kier molecular flexibility index (Phi) is 3.16. The second-order valence-corrected chi connectivity index (χ2v) is 4.91. The van der Waals surface area contributed by atoms with Crippen LogP contribution >= 0.6 is 0 Å². The molecule has 0 bridgehead atoms. The summed E-state index contributed by atoms with van der Waals surface area (Å²) in [5.74, 6) is 0.637. The van der Waals surface area contributed by atoms with E-state index in [4.69, 9.17) is 5.73 Å². The standard InChI is InChI=1S/C16H16N4/c1-10(17)13-9-18-16(19-11(13)2)15-8-7-12-5-3-4-6-14(12)20-15/h3-10H,17H2,1-2H3/t10-/m1/s1. The van der Waals surface area contributed by atoms with Crippen molar-refractivity contribution in [2.75, 3.05) is 0 Å². The molecular weight excluding hydrogens is 248 g/mol. The smallest absolute Gasteiger partial charge is 0.178 e. The zero-order valence-corrected chi connectivity index (χ0v) is 11.5. The lowest BCUT2D eigenvalue weighted by atomic mass is 10.1. The van der Waals surface area contributed by atoms with E-state index in [2.05, 4.69) is 15.0 Å². The minimum absolute atomic E-state index is 0.0615. The predicted molar refractivity (Wildman–Crippen MR) is 80.1 cm³/mol. The minimum atomic E-state index is -0.0615. The highest BCUT2D eigenvalue weighted by atomic mass is 14.9. The molecule has 100 valence electrons. The van der Waals surface area contributed by atoms with Crippen LogP contribution in [0.1, 0.15) is 24.2 Å². The van der Waals surface area contributed by atoms with Gasteiger partial charge in [0.25, 0.3) is 0 Å². The molecule has 0 fully saturated rings. The van der Waals surface area contributed by atoms with E-state index in [0.717, 1.165) is 27.9 Å². The molecule has 2 aromatic heterocycles. The van der Waals surface area contributed by atoms with E-state index < -0.39 is 0 Å². The van der Waals surface area contributed by atoms with Crippen LogP contribution in [-0.4, -0.2) is 15.0 Å². The Labute approximate surface area is 117 Å². The van der Waals surface area contributed by atoms with Crippen molar-refractivity contribution in [3.63, 3.8) is 0 Å². The fraction of sp³-hybridized carbons (Fsp3) is 0.188. The summed E-state index contributed by atoms with van der Waals surface area (Å²) in [5.41, 5.74) is 9.48. The summed E-state index contributed by atoms with van der Waals surface area (Å²) in [6.07, 6.45) is 1.79. The maximum Gasteiger partial charge on any atom is 0.178 e. The van der Waals surface area contributed by atoms with Gasteiger partial charge in [0, 0.05) is 28.9 Å². The summed E-state index contributed by atoms with van der Waals surface area (Å²) in [7, 11) is 0. The fourth-order valence-corrected chi connectivity index (χ4v) is 2.24. The molecule has 20 heavy (non-hydrogen) atoms. The van der Waals surface area contributed by atoms with E-state index in [1.807, 2.05) is 50.2 Å². The molecule has 0 saturated heterocycles. The van der Waals surface area contributed by atoms with Crippen molar-refractivity contribution in [3.8, 4) is 11.5 Å². The molecular formula is C16H16N4. The highest BCUT2D eigenvalue weighted by Gasteiger charge is 2.09. The largest absolute Gasteiger partial charge is 0.324 e. The number of aryl methyl sites for hydroxylation is 1. The second-order valence-electron chi connectivity index (χ2n) is 4.91. The highest BCUT2D eigenvalue weighted by Crippen LogP contribution is 2.20. The van der Waals surface area contributed by atoms with Gasteiger partial charge in [-0.15, -0.1) is 0 Å². The Morgan fingerprint density at radius 3 is 2.60 bits per heavy atom. The minimum Gasteiger partial charge on any atom is -0.324 e.